The largest absolute Gasteiger partial charge is 0.370 e. The molecule has 0 saturated carbocycles. The van der Waals surface area contributed by atoms with E-state index in [1.54, 1.807) is 24.3 Å². The minimum atomic E-state index is -0.282. The molecule has 2 atom stereocenters. The number of amides is 2. The molecule has 2 amide bonds. The summed E-state index contributed by atoms with van der Waals surface area (Å²) in [6, 6.07) is 13.1. The fourth-order valence-electron chi connectivity index (χ4n) is 5.85. The number of nitrogens with zero attached hydrogens (tertiary/aromatic N) is 2. The van der Waals surface area contributed by atoms with E-state index in [9.17, 15) is 18.4 Å². The number of ketones is 1. The SMILES string of the molecule is O=C1CO[C@@H]2CCN(C(=O)N3CCC(C(c4ccc(F)cc4)c4ccc(F)cc4)CC3)C[C@@H]2C1. The van der Waals surface area contributed by atoms with Crippen molar-refractivity contribution in [3.8, 4) is 0 Å². The molecule has 3 saturated heterocycles. The van der Waals surface area contributed by atoms with E-state index in [1.807, 2.05) is 9.80 Å². The van der Waals surface area contributed by atoms with Gasteiger partial charge in [0.25, 0.3) is 0 Å². The normalized spacial score (nSPS) is 23.8. The minimum absolute atomic E-state index is 0.0135. The van der Waals surface area contributed by atoms with Gasteiger partial charge in [0, 0.05) is 44.4 Å². The molecule has 3 aliphatic heterocycles. The summed E-state index contributed by atoms with van der Waals surface area (Å²) in [6.07, 6.45) is 2.98. The first-order valence-corrected chi connectivity index (χ1v) is 12.2. The van der Waals surface area contributed by atoms with Crippen molar-refractivity contribution in [2.45, 2.75) is 37.7 Å². The summed E-state index contributed by atoms with van der Waals surface area (Å²) in [4.78, 5) is 28.8. The van der Waals surface area contributed by atoms with Crippen molar-refractivity contribution in [3.05, 3.63) is 71.3 Å². The number of carbonyl (C=O) groups is 2. The van der Waals surface area contributed by atoms with Gasteiger partial charge in [0.15, 0.2) is 5.78 Å². The Bertz CT molecular complexity index is 974. The van der Waals surface area contributed by atoms with Crippen molar-refractivity contribution in [3.63, 3.8) is 0 Å². The maximum absolute atomic E-state index is 13.6. The third-order valence-corrected chi connectivity index (χ3v) is 7.62. The van der Waals surface area contributed by atoms with Gasteiger partial charge in [0.05, 0.1) is 6.10 Å². The molecule has 0 aliphatic carbocycles. The van der Waals surface area contributed by atoms with Crippen LogP contribution in [0.3, 0.4) is 0 Å². The Hall–Kier alpha value is -2.80. The smallest absolute Gasteiger partial charge is 0.320 e. The van der Waals surface area contributed by atoms with Crippen molar-refractivity contribution in [1.29, 1.82) is 0 Å². The molecule has 5 nitrogen and oxygen atoms in total. The molecule has 2 aromatic rings. The number of urea groups is 1. The Morgan fingerprint density at radius 2 is 1.41 bits per heavy atom. The number of hydrogen-bond acceptors (Lipinski definition) is 3. The molecule has 3 aliphatic rings. The van der Waals surface area contributed by atoms with Gasteiger partial charge in [-0.3, -0.25) is 4.79 Å². The molecular formula is C27H30F2N2O3. The number of benzene rings is 2. The van der Waals surface area contributed by atoms with Gasteiger partial charge in [-0.2, -0.15) is 0 Å². The van der Waals surface area contributed by atoms with Gasteiger partial charge in [-0.1, -0.05) is 24.3 Å². The molecule has 0 N–H and O–H groups in total. The third-order valence-electron chi connectivity index (χ3n) is 7.62. The van der Waals surface area contributed by atoms with Crippen LogP contribution in [0.5, 0.6) is 0 Å². The molecule has 0 spiro atoms. The summed E-state index contributed by atoms with van der Waals surface area (Å²) in [5, 5.41) is 0. The quantitative estimate of drug-likeness (QED) is 0.661. The highest BCUT2D eigenvalue weighted by Crippen LogP contribution is 2.38. The van der Waals surface area contributed by atoms with Crippen LogP contribution in [-0.2, 0) is 9.53 Å². The Kier molecular flexibility index (Phi) is 6.63. The Morgan fingerprint density at radius 1 is 0.853 bits per heavy atom. The fourth-order valence-corrected chi connectivity index (χ4v) is 5.85. The molecule has 0 radical (unpaired) electrons. The third kappa shape index (κ3) is 4.85. The second-order valence-corrected chi connectivity index (χ2v) is 9.77. The van der Waals surface area contributed by atoms with E-state index in [1.165, 1.54) is 24.3 Å². The highest BCUT2D eigenvalue weighted by atomic mass is 19.1. The van der Waals surface area contributed by atoms with Crippen molar-refractivity contribution in [2.75, 3.05) is 32.8 Å². The average molecular weight is 469 g/mol. The highest BCUT2D eigenvalue weighted by Gasteiger charge is 2.39. The zero-order chi connectivity index (χ0) is 23.7. The molecule has 3 fully saturated rings. The molecular weight excluding hydrogens is 438 g/mol. The average Bonchev–Trinajstić information content (AvgIpc) is 2.86. The predicted molar refractivity (Wildman–Crippen MR) is 123 cm³/mol. The maximum atomic E-state index is 13.6. The summed E-state index contributed by atoms with van der Waals surface area (Å²) in [7, 11) is 0. The van der Waals surface area contributed by atoms with Gasteiger partial charge in [-0.25, -0.2) is 13.6 Å². The van der Waals surface area contributed by atoms with Gasteiger partial charge >= 0.3 is 6.03 Å². The first-order valence-electron chi connectivity index (χ1n) is 12.2. The molecule has 3 heterocycles. The molecule has 34 heavy (non-hydrogen) atoms. The number of fused-ring (bicyclic) bond motifs is 1. The monoisotopic (exact) mass is 468 g/mol. The van der Waals surface area contributed by atoms with Gasteiger partial charge in [-0.05, 0) is 60.6 Å². The molecule has 2 aromatic carbocycles. The lowest BCUT2D eigenvalue weighted by molar-refractivity contribution is -0.140. The van der Waals surface area contributed by atoms with E-state index in [4.69, 9.17) is 4.74 Å². The number of rotatable bonds is 3. The van der Waals surface area contributed by atoms with Gasteiger partial charge in [0.2, 0.25) is 0 Å². The number of ether oxygens (including phenoxy) is 1. The van der Waals surface area contributed by atoms with Crippen LogP contribution in [0.4, 0.5) is 13.6 Å². The first kappa shape index (κ1) is 23.0. The van der Waals surface area contributed by atoms with Crippen molar-refractivity contribution in [2.24, 2.45) is 11.8 Å². The van der Waals surface area contributed by atoms with Gasteiger partial charge in [0.1, 0.15) is 18.2 Å². The van der Waals surface area contributed by atoms with Crippen LogP contribution >= 0.6 is 0 Å². The molecule has 0 unspecified atom stereocenters. The van der Waals surface area contributed by atoms with E-state index in [0.29, 0.717) is 32.6 Å². The minimum Gasteiger partial charge on any atom is -0.370 e. The van der Waals surface area contributed by atoms with Crippen molar-refractivity contribution < 1.29 is 23.1 Å². The Balaban J connectivity index is 1.26. The van der Waals surface area contributed by atoms with Crippen LogP contribution in [-0.4, -0.2) is 60.5 Å². The first-order chi connectivity index (χ1) is 16.5. The molecule has 0 bridgehead atoms. The Labute approximate surface area is 198 Å². The van der Waals surface area contributed by atoms with Crippen LogP contribution < -0.4 is 0 Å². The van der Waals surface area contributed by atoms with E-state index in [2.05, 4.69) is 0 Å². The van der Waals surface area contributed by atoms with Crippen LogP contribution in [0.2, 0.25) is 0 Å². The van der Waals surface area contributed by atoms with E-state index >= 15 is 0 Å². The van der Waals surface area contributed by atoms with E-state index in [-0.39, 0.29) is 53.9 Å². The summed E-state index contributed by atoms with van der Waals surface area (Å²) in [6.45, 7) is 2.71. The lowest BCUT2D eigenvalue weighted by Crippen LogP contribution is -2.54. The van der Waals surface area contributed by atoms with Crippen molar-refractivity contribution in [1.82, 2.24) is 9.80 Å². The van der Waals surface area contributed by atoms with Crippen LogP contribution in [0, 0.1) is 23.5 Å². The summed E-state index contributed by atoms with van der Waals surface area (Å²) < 4.78 is 32.8. The number of carbonyl (C=O) groups excluding carboxylic acids is 2. The standard InChI is InChI=1S/C27H30F2N2O3/c28-22-5-1-18(2-6-22)26(19-3-7-23(29)8-4-19)20-9-12-30(13-10-20)27(33)31-14-11-25-21(16-31)15-24(32)17-34-25/h1-8,20-21,25-26H,9-17H2/t21-,25+/m0/s1. The number of likely N-dealkylation sites (tertiary alicyclic amines) is 2. The molecule has 180 valence electrons. The highest BCUT2D eigenvalue weighted by molar-refractivity contribution is 5.81. The predicted octanol–water partition coefficient (Wildman–Crippen LogP) is 4.61. The van der Waals surface area contributed by atoms with Crippen LogP contribution in [0.15, 0.2) is 48.5 Å². The zero-order valence-corrected chi connectivity index (χ0v) is 19.2. The summed E-state index contributed by atoms with van der Waals surface area (Å²) in [5.74, 6) is -0.0804. The topological polar surface area (TPSA) is 49.9 Å². The number of hydrogen-bond donors (Lipinski definition) is 0. The second-order valence-electron chi connectivity index (χ2n) is 9.77. The van der Waals surface area contributed by atoms with Crippen LogP contribution in [0.25, 0.3) is 0 Å². The molecule has 5 rings (SSSR count). The van der Waals surface area contributed by atoms with E-state index in [0.717, 1.165) is 30.4 Å². The second kappa shape index (κ2) is 9.82. The number of piperidine rings is 2. The summed E-state index contributed by atoms with van der Waals surface area (Å²) in [5.41, 5.74) is 2.00. The number of halogens is 2. The Morgan fingerprint density at radius 3 is 2.00 bits per heavy atom. The lowest BCUT2D eigenvalue weighted by atomic mass is 9.76. The maximum Gasteiger partial charge on any atom is 0.320 e. The van der Waals surface area contributed by atoms with Crippen LogP contribution in [0.1, 0.15) is 42.7 Å². The zero-order valence-electron chi connectivity index (χ0n) is 19.2. The van der Waals surface area contributed by atoms with Gasteiger partial charge < -0.3 is 14.5 Å². The molecule has 7 heteroatoms. The fraction of sp³-hybridized carbons (Fsp3) is 0.481. The summed E-state index contributed by atoms with van der Waals surface area (Å²) >= 11 is 0. The lowest BCUT2D eigenvalue weighted by Gasteiger charge is -2.43. The van der Waals surface area contributed by atoms with Gasteiger partial charge in [-0.15, -0.1) is 0 Å². The van der Waals surface area contributed by atoms with E-state index < -0.39 is 0 Å². The molecule has 0 aromatic heterocycles. The number of Topliss-reactive ketones (excluding diaryl/α,β-unsaturated/α-hetero) is 1. The van der Waals surface area contributed by atoms with Crippen molar-refractivity contribution >= 4 is 11.8 Å².